The monoisotopic (exact) mass is 677 g/mol. The number of benzene rings is 2. The van der Waals surface area contributed by atoms with Gasteiger partial charge in [-0.15, -0.1) is 11.3 Å². The van der Waals surface area contributed by atoms with Gasteiger partial charge in [-0.05, 0) is 42.0 Å². The number of hydrogen-bond acceptors (Lipinski definition) is 11. The maximum atomic E-state index is 13.7. The number of hydrogen-bond donors (Lipinski definition) is 3. The summed E-state index contributed by atoms with van der Waals surface area (Å²) in [4.78, 5) is 13.5. The number of cyclic esters (lactones) is 2. The third-order valence-electron chi connectivity index (χ3n) is 7.40. The first-order valence-corrected chi connectivity index (χ1v) is 16.6. The number of nitrogens with two attached hydrogens (primary N) is 1. The fourth-order valence-corrected chi connectivity index (χ4v) is 7.00. The molecule has 0 bridgehead atoms. The van der Waals surface area contributed by atoms with Gasteiger partial charge in [0, 0.05) is 31.7 Å². The fraction of sp³-hybridized carbons (Fsp3) is 0.400. The van der Waals surface area contributed by atoms with Crippen LogP contribution < -0.4 is 20.5 Å². The third kappa shape index (κ3) is 8.52. The van der Waals surface area contributed by atoms with Crippen molar-refractivity contribution in [2.24, 2.45) is 5.14 Å². The van der Waals surface area contributed by atoms with E-state index >= 15 is 0 Å². The Bertz CT molecular complexity index is 1810. The number of nitriles is 1. The molecule has 11 nitrogen and oxygen atoms in total. The molecule has 1 aromatic heterocycles. The van der Waals surface area contributed by atoms with Crippen LogP contribution in [0.3, 0.4) is 0 Å². The smallest absolute Gasteiger partial charge is 0.477 e. The molecule has 46 heavy (non-hydrogen) atoms. The van der Waals surface area contributed by atoms with Crippen molar-refractivity contribution in [3.05, 3.63) is 46.8 Å². The lowest BCUT2D eigenvalue weighted by Crippen LogP contribution is -2.43. The van der Waals surface area contributed by atoms with Crippen LogP contribution in [0, 0.1) is 23.2 Å². The van der Waals surface area contributed by atoms with Crippen LogP contribution in [0.25, 0.3) is 10.1 Å². The van der Waals surface area contributed by atoms with Crippen molar-refractivity contribution in [1.29, 1.82) is 5.26 Å². The lowest BCUT2D eigenvalue weighted by molar-refractivity contribution is -0.126. The number of sulfonamides is 1. The molecule has 0 saturated carbocycles. The Morgan fingerprint density at radius 2 is 1.96 bits per heavy atom. The van der Waals surface area contributed by atoms with Crippen molar-refractivity contribution >= 4 is 49.0 Å². The first-order valence-electron chi connectivity index (χ1n) is 14.2. The zero-order valence-electron chi connectivity index (χ0n) is 24.4. The van der Waals surface area contributed by atoms with E-state index in [2.05, 4.69) is 27.4 Å². The summed E-state index contributed by atoms with van der Waals surface area (Å²) < 4.78 is 80.4. The minimum atomic E-state index is -4.45. The van der Waals surface area contributed by atoms with Crippen molar-refractivity contribution < 1.29 is 40.6 Å². The van der Waals surface area contributed by atoms with Crippen molar-refractivity contribution in [2.75, 3.05) is 50.0 Å². The number of halogens is 3. The highest BCUT2D eigenvalue weighted by Crippen LogP contribution is 2.39. The van der Waals surface area contributed by atoms with E-state index in [1.807, 2.05) is 6.07 Å². The summed E-state index contributed by atoms with van der Waals surface area (Å²) in [6, 6.07) is 11.0. The Morgan fingerprint density at radius 1 is 1.17 bits per heavy atom. The third-order valence-corrected chi connectivity index (χ3v) is 9.51. The molecule has 5 rings (SSSR count). The second-order valence-electron chi connectivity index (χ2n) is 10.7. The molecule has 2 aliphatic heterocycles. The van der Waals surface area contributed by atoms with E-state index in [-0.39, 0.29) is 53.0 Å². The topological polar surface area (TPSA) is 156 Å². The van der Waals surface area contributed by atoms with Gasteiger partial charge in [-0.1, -0.05) is 24.0 Å². The van der Waals surface area contributed by atoms with Gasteiger partial charge in [0.2, 0.25) is 10.0 Å². The number of nitrogens with one attached hydrogen (secondary N) is 2. The molecule has 2 fully saturated rings. The van der Waals surface area contributed by atoms with E-state index in [1.54, 1.807) is 18.2 Å². The summed E-state index contributed by atoms with van der Waals surface area (Å²) in [6.07, 6.45) is -4.92. The molecule has 0 radical (unpaired) electrons. The number of thiophene rings is 1. The Morgan fingerprint density at radius 3 is 2.63 bits per heavy atom. The highest BCUT2D eigenvalue weighted by molar-refractivity contribution is 7.89. The number of primary sulfonamides is 1. The molecule has 2 aliphatic rings. The number of piperidine rings is 1. The van der Waals surface area contributed by atoms with E-state index in [9.17, 15) is 26.4 Å². The largest absolute Gasteiger partial charge is 0.508 e. The number of rotatable bonds is 10. The minimum absolute atomic E-state index is 0.00674. The summed E-state index contributed by atoms with van der Waals surface area (Å²) in [5, 5.41) is 21.0. The van der Waals surface area contributed by atoms with E-state index in [1.165, 1.54) is 29.5 Å². The van der Waals surface area contributed by atoms with E-state index in [0.717, 1.165) is 31.6 Å². The Kier molecular flexibility index (Phi) is 10.1. The predicted molar refractivity (Wildman–Crippen MR) is 165 cm³/mol. The molecule has 0 amide bonds. The van der Waals surface area contributed by atoms with Gasteiger partial charge in [-0.3, -0.25) is 4.90 Å². The number of fused-ring (bicyclic) bond motifs is 1. The number of alkyl halides is 3. The maximum absolute atomic E-state index is 13.7. The summed E-state index contributed by atoms with van der Waals surface area (Å²) in [5.41, 5.74) is 1.17. The van der Waals surface area contributed by atoms with Crippen molar-refractivity contribution in [3.63, 3.8) is 0 Å². The molecule has 2 aromatic carbocycles. The number of anilines is 2. The van der Waals surface area contributed by atoms with Gasteiger partial charge < -0.3 is 24.8 Å². The molecule has 2 saturated heterocycles. The van der Waals surface area contributed by atoms with Crippen molar-refractivity contribution in [1.82, 2.24) is 4.90 Å². The summed E-state index contributed by atoms with van der Waals surface area (Å²) in [7, 11) is -4.02. The highest BCUT2D eigenvalue weighted by atomic mass is 32.2. The SMILES string of the molecule is N#CCOc1cc(S(N)(=O)=O)ccc1NCC#Cc1sc2c(NC3CCN(CC4COC(=O)O4)CC3)cccc2c1CC(F)(F)F. The molecule has 1 unspecified atom stereocenters. The predicted octanol–water partition coefficient (Wildman–Crippen LogP) is 4.43. The quantitative estimate of drug-likeness (QED) is 0.207. The lowest BCUT2D eigenvalue weighted by atomic mass is 10.0. The van der Waals surface area contributed by atoms with Gasteiger partial charge in [0.15, 0.2) is 12.7 Å². The second kappa shape index (κ2) is 14.0. The van der Waals surface area contributed by atoms with Crippen LogP contribution in [0.1, 0.15) is 23.3 Å². The van der Waals surface area contributed by atoms with Crippen molar-refractivity contribution in [3.8, 4) is 23.7 Å². The Labute approximate surface area is 267 Å². The molecule has 1 atom stereocenters. The summed E-state index contributed by atoms with van der Waals surface area (Å²) in [6.45, 7) is 2.01. The molecule has 244 valence electrons. The molecule has 3 aromatic rings. The van der Waals surface area contributed by atoms with E-state index in [0.29, 0.717) is 22.3 Å². The summed E-state index contributed by atoms with van der Waals surface area (Å²) >= 11 is 1.19. The molecule has 4 N–H and O–H groups in total. The molecule has 3 heterocycles. The standard InChI is InChI=1S/C30H30F3N5O6S2/c31-30(32,33)16-23-22-3-1-4-25(37-19-8-12-38(13-9-19)17-20-18-43-29(39)44-20)28(22)45-27(23)5-2-11-36-24-7-6-21(46(35,40)41)15-26(24)42-14-10-34/h1,3-4,6-7,15,19-20,36-37H,8-9,11-14,16-18H2,(H2,35,40,41). The number of carbonyl (C=O) groups excluding carboxylic acids is 1. The van der Waals surface area contributed by atoms with Gasteiger partial charge in [0.05, 0.1) is 38.8 Å². The normalized spacial score (nSPS) is 17.5. The van der Waals surface area contributed by atoms with Crippen LogP contribution in [0.5, 0.6) is 5.75 Å². The average molecular weight is 678 g/mol. The van der Waals surface area contributed by atoms with E-state index in [4.69, 9.17) is 24.6 Å². The lowest BCUT2D eigenvalue weighted by Gasteiger charge is -2.33. The van der Waals surface area contributed by atoms with Crippen LogP contribution >= 0.6 is 11.3 Å². The Balaban J connectivity index is 1.31. The number of carbonyl (C=O) groups is 1. The van der Waals surface area contributed by atoms with Crippen LogP contribution in [0.15, 0.2) is 41.3 Å². The van der Waals surface area contributed by atoms with Gasteiger partial charge in [-0.25, -0.2) is 18.4 Å². The first kappa shape index (κ1) is 33.2. The molecular weight excluding hydrogens is 647 g/mol. The fourth-order valence-electron chi connectivity index (χ4n) is 5.30. The summed E-state index contributed by atoms with van der Waals surface area (Å²) in [5.74, 6) is 5.80. The highest BCUT2D eigenvalue weighted by Gasteiger charge is 2.32. The van der Waals surface area contributed by atoms with Crippen LogP contribution in [-0.4, -0.2) is 77.2 Å². The average Bonchev–Trinajstić information content (AvgIpc) is 3.57. The van der Waals surface area contributed by atoms with Gasteiger partial charge >= 0.3 is 12.3 Å². The Hall–Kier alpha value is -4.22. The van der Waals surface area contributed by atoms with Crippen molar-refractivity contribution in [2.45, 2.75) is 42.5 Å². The first-order chi connectivity index (χ1) is 21.9. The molecule has 16 heteroatoms. The molecular formula is C30H30F3N5O6S2. The van der Waals surface area contributed by atoms with Gasteiger partial charge in [0.25, 0.3) is 0 Å². The molecule has 0 spiro atoms. The van der Waals surface area contributed by atoms with Crippen LogP contribution in [0.4, 0.5) is 29.3 Å². The maximum Gasteiger partial charge on any atom is 0.508 e. The zero-order chi connectivity index (χ0) is 32.9. The number of likely N-dealkylation sites (tertiary alicyclic amines) is 1. The van der Waals surface area contributed by atoms with Crippen LogP contribution in [-0.2, 0) is 25.9 Å². The molecule has 0 aliphatic carbocycles. The van der Waals surface area contributed by atoms with E-state index < -0.39 is 28.8 Å². The minimum Gasteiger partial charge on any atom is -0.477 e. The number of nitrogens with zero attached hydrogens (tertiary/aromatic N) is 2. The zero-order valence-corrected chi connectivity index (χ0v) is 26.0. The van der Waals surface area contributed by atoms with Gasteiger partial charge in [-0.2, -0.15) is 18.4 Å². The second-order valence-corrected chi connectivity index (χ2v) is 13.3. The van der Waals surface area contributed by atoms with Crippen LogP contribution in [0.2, 0.25) is 0 Å². The number of ether oxygens (including phenoxy) is 3. The van der Waals surface area contributed by atoms with Gasteiger partial charge in [0.1, 0.15) is 18.4 Å².